The summed E-state index contributed by atoms with van der Waals surface area (Å²) in [6.45, 7) is 12.0. The summed E-state index contributed by atoms with van der Waals surface area (Å²) >= 11 is 0. The van der Waals surface area contributed by atoms with Crippen molar-refractivity contribution in [3.63, 3.8) is 0 Å². The molecule has 0 N–H and O–H groups in total. The van der Waals surface area contributed by atoms with Gasteiger partial charge in [0.25, 0.3) is 0 Å². The molecule has 1 aromatic rings. The Balaban J connectivity index is 2.00. The molecule has 3 heteroatoms. The van der Waals surface area contributed by atoms with Gasteiger partial charge in [-0.25, -0.2) is 0 Å². The van der Waals surface area contributed by atoms with Crippen molar-refractivity contribution in [3.8, 4) is 5.75 Å². The van der Waals surface area contributed by atoms with Gasteiger partial charge in [0.1, 0.15) is 5.75 Å². The van der Waals surface area contributed by atoms with E-state index in [0.717, 1.165) is 18.8 Å². The van der Waals surface area contributed by atoms with Crippen LogP contribution < -0.4 is 9.64 Å². The van der Waals surface area contributed by atoms with Crippen LogP contribution in [0.5, 0.6) is 5.75 Å². The van der Waals surface area contributed by atoms with Crippen molar-refractivity contribution in [1.29, 1.82) is 0 Å². The lowest BCUT2D eigenvalue weighted by Crippen LogP contribution is -2.59. The highest BCUT2D eigenvalue weighted by atomic mass is 16.5. The second-order valence-electron chi connectivity index (χ2n) is 5.11. The van der Waals surface area contributed by atoms with E-state index in [1.54, 1.807) is 7.11 Å². The van der Waals surface area contributed by atoms with Crippen molar-refractivity contribution in [2.24, 2.45) is 0 Å². The molecule has 1 aliphatic rings. The van der Waals surface area contributed by atoms with E-state index in [4.69, 9.17) is 4.74 Å². The molecule has 2 rings (SSSR count). The highest BCUT2D eigenvalue weighted by molar-refractivity contribution is 5.49. The Morgan fingerprint density at radius 3 is 2.06 bits per heavy atom. The first-order valence-corrected chi connectivity index (χ1v) is 6.97. The summed E-state index contributed by atoms with van der Waals surface area (Å²) in [6, 6.07) is 8.42. The maximum absolute atomic E-state index is 5.20. The zero-order chi connectivity index (χ0) is 13.0. The standard InChI is InChI=1S/C15H25N2O/c1-4-17(5-2)12-10-16(11-13-17)14-6-8-15(18-3)9-7-14/h6-9H,4-5,10-13H2,1-3H3/q+1. The largest absolute Gasteiger partial charge is 0.497 e. The van der Waals surface area contributed by atoms with E-state index in [2.05, 4.69) is 30.9 Å². The van der Waals surface area contributed by atoms with Crippen molar-refractivity contribution < 1.29 is 9.22 Å². The van der Waals surface area contributed by atoms with Gasteiger partial charge in [-0.1, -0.05) is 0 Å². The van der Waals surface area contributed by atoms with Crippen molar-refractivity contribution >= 4 is 5.69 Å². The summed E-state index contributed by atoms with van der Waals surface area (Å²) in [4.78, 5) is 2.49. The number of methoxy groups -OCH3 is 1. The predicted octanol–water partition coefficient (Wildman–Crippen LogP) is 2.37. The topological polar surface area (TPSA) is 12.5 Å². The number of rotatable bonds is 4. The van der Waals surface area contributed by atoms with E-state index in [1.165, 1.54) is 36.3 Å². The quantitative estimate of drug-likeness (QED) is 0.760. The summed E-state index contributed by atoms with van der Waals surface area (Å²) in [6.07, 6.45) is 0. The highest BCUT2D eigenvalue weighted by Crippen LogP contribution is 2.22. The lowest BCUT2D eigenvalue weighted by molar-refractivity contribution is -0.925. The van der Waals surface area contributed by atoms with Crippen molar-refractivity contribution in [2.75, 3.05) is 51.3 Å². The number of ether oxygens (including phenoxy) is 1. The van der Waals surface area contributed by atoms with Crippen molar-refractivity contribution in [2.45, 2.75) is 13.8 Å². The zero-order valence-corrected chi connectivity index (χ0v) is 11.9. The van der Waals surface area contributed by atoms with E-state index in [1.807, 2.05) is 12.1 Å². The number of anilines is 1. The maximum atomic E-state index is 5.20. The highest BCUT2D eigenvalue weighted by Gasteiger charge is 2.29. The molecule has 0 radical (unpaired) electrons. The van der Waals surface area contributed by atoms with E-state index >= 15 is 0 Å². The molecule has 1 fully saturated rings. The van der Waals surface area contributed by atoms with Crippen LogP contribution in [-0.2, 0) is 0 Å². The minimum atomic E-state index is 0.933. The Morgan fingerprint density at radius 2 is 1.61 bits per heavy atom. The summed E-state index contributed by atoms with van der Waals surface area (Å²) in [7, 11) is 1.71. The van der Waals surface area contributed by atoms with Crippen LogP contribution in [0, 0.1) is 0 Å². The molecule has 0 spiro atoms. The predicted molar refractivity (Wildman–Crippen MR) is 76.3 cm³/mol. The monoisotopic (exact) mass is 249 g/mol. The fourth-order valence-corrected chi connectivity index (χ4v) is 2.80. The van der Waals surface area contributed by atoms with Gasteiger partial charge in [0, 0.05) is 5.69 Å². The van der Waals surface area contributed by atoms with Gasteiger partial charge in [-0.3, -0.25) is 0 Å². The average Bonchev–Trinajstić information content (AvgIpc) is 2.47. The molecular formula is C15H25N2O+. The summed E-state index contributed by atoms with van der Waals surface area (Å²) in [5, 5.41) is 0. The molecule has 0 bridgehead atoms. The molecule has 0 unspecified atom stereocenters. The van der Waals surface area contributed by atoms with Crippen LogP contribution in [-0.4, -0.2) is 50.9 Å². The van der Waals surface area contributed by atoms with Crippen LogP contribution in [0.4, 0.5) is 5.69 Å². The smallest absolute Gasteiger partial charge is 0.119 e. The molecule has 3 nitrogen and oxygen atoms in total. The lowest BCUT2D eigenvalue weighted by atomic mass is 10.2. The molecule has 0 amide bonds. The van der Waals surface area contributed by atoms with Gasteiger partial charge in [0.05, 0.1) is 46.4 Å². The molecule has 0 aliphatic carbocycles. The summed E-state index contributed by atoms with van der Waals surface area (Å²) in [5.74, 6) is 0.933. The van der Waals surface area contributed by atoms with Crippen LogP contribution in [0.3, 0.4) is 0 Å². The second kappa shape index (κ2) is 5.61. The third-order valence-corrected chi connectivity index (χ3v) is 4.47. The molecule has 1 aliphatic heterocycles. The molecule has 0 atom stereocenters. The molecule has 1 saturated heterocycles. The van der Waals surface area contributed by atoms with Crippen LogP contribution in [0.25, 0.3) is 0 Å². The van der Waals surface area contributed by atoms with Gasteiger partial charge >= 0.3 is 0 Å². The average molecular weight is 249 g/mol. The Labute approximate surface area is 111 Å². The Hall–Kier alpha value is -1.22. The number of hydrogen-bond acceptors (Lipinski definition) is 2. The Morgan fingerprint density at radius 1 is 1.06 bits per heavy atom. The van der Waals surface area contributed by atoms with Crippen LogP contribution >= 0.6 is 0 Å². The summed E-state index contributed by atoms with van der Waals surface area (Å²) < 4.78 is 6.47. The third-order valence-electron chi connectivity index (χ3n) is 4.47. The SMILES string of the molecule is CC[N+]1(CC)CCN(c2ccc(OC)cc2)CC1. The first-order chi connectivity index (χ1) is 8.73. The molecule has 18 heavy (non-hydrogen) atoms. The molecule has 1 heterocycles. The van der Waals surface area contributed by atoms with Gasteiger partial charge in [-0.05, 0) is 38.1 Å². The van der Waals surface area contributed by atoms with Crippen molar-refractivity contribution in [1.82, 2.24) is 0 Å². The summed E-state index contributed by atoms with van der Waals surface area (Å²) in [5.41, 5.74) is 1.32. The number of nitrogens with zero attached hydrogens (tertiary/aromatic N) is 2. The number of piperazine rings is 1. The molecule has 0 saturated carbocycles. The molecular weight excluding hydrogens is 224 g/mol. The molecule has 0 aromatic heterocycles. The normalized spacial score (nSPS) is 18.7. The molecule has 1 aromatic carbocycles. The zero-order valence-electron chi connectivity index (χ0n) is 11.9. The minimum Gasteiger partial charge on any atom is -0.497 e. The van der Waals surface area contributed by atoms with E-state index in [-0.39, 0.29) is 0 Å². The number of benzene rings is 1. The van der Waals surface area contributed by atoms with Crippen LogP contribution in [0.1, 0.15) is 13.8 Å². The first kappa shape index (κ1) is 13.2. The fourth-order valence-electron chi connectivity index (χ4n) is 2.80. The van der Waals surface area contributed by atoms with E-state index in [9.17, 15) is 0 Å². The first-order valence-electron chi connectivity index (χ1n) is 6.97. The number of likely N-dealkylation sites (N-methyl/N-ethyl adjacent to an activating group) is 1. The number of quaternary nitrogens is 1. The van der Waals surface area contributed by atoms with Crippen LogP contribution in [0.2, 0.25) is 0 Å². The second-order valence-corrected chi connectivity index (χ2v) is 5.11. The van der Waals surface area contributed by atoms with Crippen molar-refractivity contribution in [3.05, 3.63) is 24.3 Å². The molecule has 100 valence electrons. The van der Waals surface area contributed by atoms with Gasteiger partial charge in [0.2, 0.25) is 0 Å². The van der Waals surface area contributed by atoms with Gasteiger partial charge in [-0.2, -0.15) is 0 Å². The lowest BCUT2D eigenvalue weighted by Gasteiger charge is -2.44. The minimum absolute atomic E-state index is 0.933. The Kier molecular flexibility index (Phi) is 4.12. The van der Waals surface area contributed by atoms with Crippen LogP contribution in [0.15, 0.2) is 24.3 Å². The van der Waals surface area contributed by atoms with Gasteiger partial charge in [-0.15, -0.1) is 0 Å². The van der Waals surface area contributed by atoms with Gasteiger partial charge < -0.3 is 14.1 Å². The van der Waals surface area contributed by atoms with Gasteiger partial charge in [0.15, 0.2) is 0 Å². The fraction of sp³-hybridized carbons (Fsp3) is 0.600. The third kappa shape index (κ3) is 2.61. The Bertz CT molecular complexity index is 361. The van der Waals surface area contributed by atoms with E-state index < -0.39 is 0 Å². The maximum Gasteiger partial charge on any atom is 0.119 e. The van der Waals surface area contributed by atoms with E-state index in [0.29, 0.717) is 0 Å². The number of hydrogen-bond donors (Lipinski definition) is 0.